The lowest BCUT2D eigenvalue weighted by Crippen LogP contribution is -2.11. The summed E-state index contributed by atoms with van der Waals surface area (Å²) in [6, 6.07) is 4.04. The van der Waals surface area contributed by atoms with Crippen LogP contribution in [0.4, 0.5) is 10.1 Å². The molecule has 94 valence electrons. The Kier molecular flexibility index (Phi) is 3.63. The van der Waals surface area contributed by atoms with Crippen LogP contribution in [0.3, 0.4) is 0 Å². The third-order valence-corrected chi connectivity index (χ3v) is 3.65. The molecule has 0 aliphatic carbocycles. The zero-order valence-corrected chi connectivity index (χ0v) is 11.3. The molecule has 0 aliphatic rings. The zero-order chi connectivity index (χ0) is 13.3. The number of benzene rings is 1. The molecule has 1 amide bonds. The van der Waals surface area contributed by atoms with Crippen LogP contribution in [0.15, 0.2) is 18.2 Å². The summed E-state index contributed by atoms with van der Waals surface area (Å²) in [6.07, 6.45) is 0. The topological polar surface area (TPSA) is 42.0 Å². The van der Waals surface area contributed by atoms with Crippen molar-refractivity contribution >= 4 is 34.5 Å². The molecule has 1 aromatic heterocycles. The fraction of sp³-hybridized carbons (Fsp3) is 0.167. The van der Waals surface area contributed by atoms with E-state index in [0.29, 0.717) is 16.3 Å². The van der Waals surface area contributed by atoms with Gasteiger partial charge in [-0.2, -0.15) is 0 Å². The minimum atomic E-state index is -0.514. The van der Waals surface area contributed by atoms with Gasteiger partial charge in [-0.25, -0.2) is 9.37 Å². The highest BCUT2D eigenvalue weighted by Gasteiger charge is 2.14. The quantitative estimate of drug-likeness (QED) is 0.911. The second-order valence-corrected chi connectivity index (χ2v) is 5.34. The average molecular weight is 285 g/mol. The summed E-state index contributed by atoms with van der Waals surface area (Å²) in [6.45, 7) is 3.61. The van der Waals surface area contributed by atoms with Gasteiger partial charge < -0.3 is 5.32 Å². The lowest BCUT2D eigenvalue weighted by molar-refractivity contribution is 0.103. The van der Waals surface area contributed by atoms with Gasteiger partial charge in [0.25, 0.3) is 5.91 Å². The van der Waals surface area contributed by atoms with Crippen LogP contribution in [0.2, 0.25) is 5.02 Å². The van der Waals surface area contributed by atoms with Gasteiger partial charge >= 0.3 is 0 Å². The van der Waals surface area contributed by atoms with Crippen molar-refractivity contribution < 1.29 is 9.18 Å². The van der Waals surface area contributed by atoms with Crippen molar-refractivity contribution in [3.05, 3.63) is 44.6 Å². The summed E-state index contributed by atoms with van der Waals surface area (Å²) in [5.41, 5.74) is 1.14. The molecular weight excluding hydrogens is 275 g/mol. The maximum absolute atomic E-state index is 13.0. The second kappa shape index (κ2) is 5.04. The van der Waals surface area contributed by atoms with Crippen LogP contribution in [0.1, 0.15) is 20.4 Å². The van der Waals surface area contributed by atoms with Gasteiger partial charge in [-0.15, -0.1) is 11.3 Å². The number of nitrogens with zero attached hydrogens (tertiary/aromatic N) is 1. The lowest BCUT2D eigenvalue weighted by atomic mass is 10.3. The Hall–Kier alpha value is -1.46. The molecule has 2 aromatic rings. The molecular formula is C12H10ClFN2OS. The smallest absolute Gasteiger partial charge is 0.267 e. The molecule has 1 aromatic carbocycles. The van der Waals surface area contributed by atoms with Crippen molar-refractivity contribution in [2.75, 3.05) is 5.32 Å². The molecule has 0 spiro atoms. The van der Waals surface area contributed by atoms with Gasteiger partial charge in [-0.3, -0.25) is 4.79 Å². The fourth-order valence-corrected chi connectivity index (χ4v) is 2.50. The van der Waals surface area contributed by atoms with Gasteiger partial charge in [-0.05, 0) is 32.0 Å². The Morgan fingerprint density at radius 1 is 1.44 bits per heavy atom. The first-order valence-electron chi connectivity index (χ1n) is 5.18. The van der Waals surface area contributed by atoms with E-state index in [4.69, 9.17) is 11.6 Å². The van der Waals surface area contributed by atoms with Crippen LogP contribution in [-0.4, -0.2) is 10.9 Å². The number of carbonyl (C=O) groups excluding carboxylic acids is 1. The highest BCUT2D eigenvalue weighted by atomic mass is 35.5. The molecule has 0 bridgehead atoms. The number of rotatable bonds is 2. The highest BCUT2D eigenvalue weighted by molar-refractivity contribution is 7.13. The van der Waals surface area contributed by atoms with Gasteiger partial charge in [-0.1, -0.05) is 11.6 Å². The summed E-state index contributed by atoms with van der Waals surface area (Å²) in [5, 5.41) is 3.47. The SMILES string of the molecule is Cc1nc(C)c(C(=O)Nc2ccc(F)c(Cl)c2)s1. The fourth-order valence-electron chi connectivity index (χ4n) is 1.50. The van der Waals surface area contributed by atoms with E-state index >= 15 is 0 Å². The molecule has 1 N–H and O–H groups in total. The number of aryl methyl sites for hydroxylation is 2. The summed E-state index contributed by atoms with van der Waals surface area (Å²) in [7, 11) is 0. The van der Waals surface area contributed by atoms with Gasteiger partial charge in [0, 0.05) is 5.69 Å². The number of halogens is 2. The van der Waals surface area contributed by atoms with E-state index in [0.717, 1.165) is 5.01 Å². The molecule has 0 radical (unpaired) electrons. The summed E-state index contributed by atoms with van der Waals surface area (Å²) < 4.78 is 13.0. The molecule has 0 saturated carbocycles. The predicted octanol–water partition coefficient (Wildman–Crippen LogP) is 3.80. The van der Waals surface area contributed by atoms with Crippen LogP contribution < -0.4 is 5.32 Å². The first kappa shape index (κ1) is 13.0. The molecule has 0 unspecified atom stereocenters. The summed E-state index contributed by atoms with van der Waals surface area (Å²) >= 11 is 6.96. The third-order valence-electron chi connectivity index (χ3n) is 2.29. The van der Waals surface area contributed by atoms with Crippen LogP contribution >= 0.6 is 22.9 Å². The number of aromatic nitrogens is 1. The Labute approximate surface area is 113 Å². The van der Waals surface area contributed by atoms with Gasteiger partial charge in [0.05, 0.1) is 15.7 Å². The van der Waals surface area contributed by atoms with Crippen molar-refractivity contribution in [3.8, 4) is 0 Å². The van der Waals surface area contributed by atoms with E-state index in [1.807, 2.05) is 6.92 Å². The standard InChI is InChI=1S/C12H10ClFN2OS/c1-6-11(18-7(2)15-6)12(17)16-8-3-4-10(14)9(13)5-8/h3-5H,1-2H3,(H,16,17). The number of anilines is 1. The maximum Gasteiger partial charge on any atom is 0.267 e. The average Bonchev–Trinajstić information content (AvgIpc) is 2.63. The van der Waals surface area contributed by atoms with E-state index < -0.39 is 5.82 Å². The number of nitrogens with one attached hydrogen (secondary N) is 1. The van der Waals surface area contributed by atoms with Crippen molar-refractivity contribution in [1.82, 2.24) is 4.98 Å². The van der Waals surface area contributed by atoms with Crippen molar-refractivity contribution in [2.45, 2.75) is 13.8 Å². The van der Waals surface area contributed by atoms with Gasteiger partial charge in [0.1, 0.15) is 10.7 Å². The molecule has 18 heavy (non-hydrogen) atoms. The Bertz CT molecular complexity index is 612. The van der Waals surface area contributed by atoms with E-state index in [1.54, 1.807) is 6.92 Å². The number of hydrogen-bond acceptors (Lipinski definition) is 3. The minimum Gasteiger partial charge on any atom is -0.321 e. The third kappa shape index (κ3) is 2.68. The van der Waals surface area contributed by atoms with E-state index in [9.17, 15) is 9.18 Å². The Balaban J connectivity index is 2.21. The maximum atomic E-state index is 13.0. The zero-order valence-electron chi connectivity index (χ0n) is 9.75. The largest absolute Gasteiger partial charge is 0.321 e. The van der Waals surface area contributed by atoms with Crippen LogP contribution in [-0.2, 0) is 0 Å². The Morgan fingerprint density at radius 3 is 2.72 bits per heavy atom. The molecule has 0 atom stereocenters. The summed E-state index contributed by atoms with van der Waals surface area (Å²) in [4.78, 5) is 16.7. The first-order chi connectivity index (χ1) is 8.47. The minimum absolute atomic E-state index is 0.0231. The molecule has 0 saturated heterocycles. The van der Waals surface area contributed by atoms with E-state index in [-0.39, 0.29) is 10.9 Å². The van der Waals surface area contributed by atoms with Crippen LogP contribution in [0.5, 0.6) is 0 Å². The lowest BCUT2D eigenvalue weighted by Gasteiger charge is -2.04. The van der Waals surface area contributed by atoms with Crippen LogP contribution in [0, 0.1) is 19.7 Å². The first-order valence-corrected chi connectivity index (χ1v) is 6.37. The molecule has 6 heteroatoms. The molecule has 1 heterocycles. The number of amides is 1. The van der Waals surface area contributed by atoms with Gasteiger partial charge in [0.2, 0.25) is 0 Å². The molecule has 0 fully saturated rings. The number of hydrogen-bond donors (Lipinski definition) is 1. The van der Waals surface area contributed by atoms with Crippen molar-refractivity contribution in [3.63, 3.8) is 0 Å². The second-order valence-electron chi connectivity index (χ2n) is 3.73. The van der Waals surface area contributed by atoms with Crippen molar-refractivity contribution in [1.29, 1.82) is 0 Å². The number of carbonyl (C=O) groups is 1. The van der Waals surface area contributed by atoms with Crippen LogP contribution in [0.25, 0.3) is 0 Å². The highest BCUT2D eigenvalue weighted by Crippen LogP contribution is 2.22. The summed E-state index contributed by atoms with van der Waals surface area (Å²) in [5.74, 6) is -0.778. The Morgan fingerprint density at radius 2 is 2.17 bits per heavy atom. The molecule has 2 rings (SSSR count). The van der Waals surface area contributed by atoms with Gasteiger partial charge in [0.15, 0.2) is 0 Å². The monoisotopic (exact) mass is 284 g/mol. The molecule has 3 nitrogen and oxygen atoms in total. The van der Waals surface area contributed by atoms with Crippen molar-refractivity contribution in [2.24, 2.45) is 0 Å². The normalized spacial score (nSPS) is 10.4. The predicted molar refractivity (Wildman–Crippen MR) is 71.0 cm³/mol. The van der Waals surface area contributed by atoms with E-state index in [1.165, 1.54) is 29.5 Å². The van der Waals surface area contributed by atoms with E-state index in [2.05, 4.69) is 10.3 Å². The molecule has 0 aliphatic heterocycles. The number of thiazole rings is 1.